The first kappa shape index (κ1) is 18.1. The lowest BCUT2D eigenvalue weighted by Crippen LogP contribution is -2.05. The Kier molecular flexibility index (Phi) is 8.11. The highest BCUT2D eigenvalue weighted by atomic mass is 19.4. The molecule has 0 amide bonds. The van der Waals surface area contributed by atoms with Crippen LogP contribution in [0.4, 0.5) is 13.2 Å². The maximum absolute atomic E-state index is 12.5. The molecular formula is C18H21F3O. The number of ether oxygens (including phenoxy) is 1. The van der Waals surface area contributed by atoms with E-state index >= 15 is 0 Å². The molecule has 0 bridgehead atoms. The fraction of sp³-hybridized carbons (Fsp3) is 0.333. The van der Waals surface area contributed by atoms with Crippen molar-refractivity contribution in [2.45, 2.75) is 32.4 Å². The van der Waals surface area contributed by atoms with Crippen LogP contribution >= 0.6 is 0 Å². The molecule has 0 aliphatic carbocycles. The van der Waals surface area contributed by atoms with Gasteiger partial charge in [0, 0.05) is 0 Å². The zero-order chi connectivity index (χ0) is 16.3. The van der Waals surface area contributed by atoms with Gasteiger partial charge in [-0.3, -0.25) is 0 Å². The van der Waals surface area contributed by atoms with Gasteiger partial charge in [-0.15, -0.1) is 0 Å². The summed E-state index contributed by atoms with van der Waals surface area (Å²) in [7, 11) is 0. The van der Waals surface area contributed by atoms with E-state index in [9.17, 15) is 13.2 Å². The Bertz CT molecular complexity index is 513. The van der Waals surface area contributed by atoms with E-state index in [2.05, 4.69) is 25.2 Å². The van der Waals surface area contributed by atoms with E-state index in [0.29, 0.717) is 0 Å². The number of allylic oxidation sites excluding steroid dienone is 5. The summed E-state index contributed by atoms with van der Waals surface area (Å²) in [6.07, 6.45) is 10.5. The Morgan fingerprint density at radius 3 is 2.23 bits per heavy atom. The van der Waals surface area contributed by atoms with Crippen molar-refractivity contribution in [3.8, 4) is 5.75 Å². The molecule has 0 atom stereocenters. The van der Waals surface area contributed by atoms with Crippen LogP contribution in [-0.2, 0) is 6.18 Å². The van der Waals surface area contributed by atoms with Gasteiger partial charge in [-0.25, -0.2) is 0 Å². The molecule has 0 heterocycles. The minimum Gasteiger partial charge on any atom is -0.490 e. The Balaban J connectivity index is 2.29. The third-order valence-corrected chi connectivity index (χ3v) is 2.79. The van der Waals surface area contributed by atoms with Gasteiger partial charge in [0.15, 0.2) is 0 Å². The van der Waals surface area contributed by atoms with Gasteiger partial charge < -0.3 is 4.74 Å². The Morgan fingerprint density at radius 2 is 1.59 bits per heavy atom. The van der Waals surface area contributed by atoms with Crippen LogP contribution in [-0.4, -0.2) is 6.61 Å². The third-order valence-electron chi connectivity index (χ3n) is 2.79. The van der Waals surface area contributed by atoms with E-state index in [1.165, 1.54) is 12.1 Å². The SMILES string of the molecule is CC/C=C\C/C=C\C/C=C\COc1cccc(C(F)(F)F)c1. The minimum absolute atomic E-state index is 0.222. The van der Waals surface area contributed by atoms with E-state index in [4.69, 9.17) is 4.74 Å². The monoisotopic (exact) mass is 310 g/mol. The van der Waals surface area contributed by atoms with Crippen LogP contribution in [0.1, 0.15) is 31.7 Å². The highest BCUT2D eigenvalue weighted by Crippen LogP contribution is 2.31. The van der Waals surface area contributed by atoms with Crippen LogP contribution in [0.3, 0.4) is 0 Å². The van der Waals surface area contributed by atoms with Crippen molar-refractivity contribution in [1.29, 1.82) is 0 Å². The molecule has 120 valence electrons. The van der Waals surface area contributed by atoms with E-state index in [1.54, 1.807) is 6.08 Å². The maximum atomic E-state index is 12.5. The summed E-state index contributed by atoms with van der Waals surface area (Å²) in [5.74, 6) is 0.222. The Morgan fingerprint density at radius 1 is 0.955 bits per heavy atom. The molecule has 0 saturated carbocycles. The molecule has 0 N–H and O–H groups in total. The summed E-state index contributed by atoms with van der Waals surface area (Å²) in [6.45, 7) is 2.35. The lowest BCUT2D eigenvalue weighted by Gasteiger charge is -2.08. The first-order chi connectivity index (χ1) is 10.5. The van der Waals surface area contributed by atoms with E-state index < -0.39 is 11.7 Å². The lowest BCUT2D eigenvalue weighted by atomic mass is 10.2. The number of rotatable bonds is 8. The molecule has 0 aromatic heterocycles. The standard InChI is InChI=1S/C18H21F3O/c1-2-3-4-5-6-7-8-9-10-14-22-17-13-11-12-16(15-17)18(19,20)21/h3-4,6-7,9-13,15H,2,5,8,14H2,1H3/b4-3-,7-6-,10-9-. The molecule has 0 aliphatic heterocycles. The number of hydrogen-bond donors (Lipinski definition) is 0. The molecule has 1 aromatic carbocycles. The molecule has 1 aromatic rings. The third kappa shape index (κ3) is 7.72. The van der Waals surface area contributed by atoms with Gasteiger partial charge in [-0.2, -0.15) is 13.2 Å². The molecule has 0 unspecified atom stereocenters. The normalized spacial score (nSPS) is 12.7. The second-order valence-corrected chi connectivity index (χ2v) is 4.63. The second-order valence-electron chi connectivity index (χ2n) is 4.63. The van der Waals surface area contributed by atoms with E-state index in [-0.39, 0.29) is 12.4 Å². The molecule has 4 heteroatoms. The number of alkyl halides is 3. The first-order valence-corrected chi connectivity index (χ1v) is 7.29. The number of hydrogen-bond acceptors (Lipinski definition) is 1. The van der Waals surface area contributed by atoms with Crippen molar-refractivity contribution < 1.29 is 17.9 Å². The number of halogens is 3. The van der Waals surface area contributed by atoms with Gasteiger partial charge >= 0.3 is 6.18 Å². The van der Waals surface area contributed by atoms with Crippen LogP contribution < -0.4 is 4.74 Å². The van der Waals surface area contributed by atoms with Gasteiger partial charge in [0.1, 0.15) is 12.4 Å². The highest BCUT2D eigenvalue weighted by Gasteiger charge is 2.30. The molecule has 0 fully saturated rings. The first-order valence-electron chi connectivity index (χ1n) is 7.29. The fourth-order valence-corrected chi connectivity index (χ4v) is 1.68. The van der Waals surface area contributed by atoms with Crippen LogP contribution in [0.5, 0.6) is 5.75 Å². The summed E-state index contributed by atoms with van der Waals surface area (Å²) >= 11 is 0. The van der Waals surface area contributed by atoms with Crippen molar-refractivity contribution in [2.24, 2.45) is 0 Å². The smallest absolute Gasteiger partial charge is 0.416 e. The fourth-order valence-electron chi connectivity index (χ4n) is 1.68. The topological polar surface area (TPSA) is 9.23 Å². The summed E-state index contributed by atoms with van der Waals surface area (Å²) < 4.78 is 42.9. The van der Waals surface area contributed by atoms with Crippen LogP contribution in [0.15, 0.2) is 60.7 Å². The second kappa shape index (κ2) is 9.87. The Labute approximate surface area is 129 Å². The quantitative estimate of drug-likeness (QED) is 0.540. The molecule has 0 radical (unpaired) electrons. The largest absolute Gasteiger partial charge is 0.490 e. The molecule has 1 rings (SSSR count). The average molecular weight is 310 g/mol. The van der Waals surface area contributed by atoms with Crippen molar-refractivity contribution in [3.05, 3.63) is 66.3 Å². The van der Waals surface area contributed by atoms with Crippen molar-refractivity contribution >= 4 is 0 Å². The molecular weight excluding hydrogens is 289 g/mol. The van der Waals surface area contributed by atoms with Crippen LogP contribution in [0, 0.1) is 0 Å². The summed E-state index contributed by atoms with van der Waals surface area (Å²) in [6, 6.07) is 4.89. The van der Waals surface area contributed by atoms with Crippen molar-refractivity contribution in [2.75, 3.05) is 6.61 Å². The van der Waals surface area contributed by atoms with E-state index in [0.717, 1.165) is 31.4 Å². The van der Waals surface area contributed by atoms with Gasteiger partial charge in [0.25, 0.3) is 0 Å². The molecule has 0 aliphatic rings. The summed E-state index contributed by atoms with van der Waals surface area (Å²) in [5, 5.41) is 0. The zero-order valence-electron chi connectivity index (χ0n) is 12.6. The highest BCUT2D eigenvalue weighted by molar-refractivity contribution is 5.30. The van der Waals surface area contributed by atoms with Crippen molar-refractivity contribution in [3.63, 3.8) is 0 Å². The van der Waals surface area contributed by atoms with Crippen molar-refractivity contribution in [1.82, 2.24) is 0 Å². The van der Waals surface area contributed by atoms with Gasteiger partial charge in [0.2, 0.25) is 0 Å². The Hall–Kier alpha value is -1.97. The molecule has 1 nitrogen and oxygen atoms in total. The maximum Gasteiger partial charge on any atom is 0.416 e. The zero-order valence-corrected chi connectivity index (χ0v) is 12.6. The van der Waals surface area contributed by atoms with Crippen LogP contribution in [0.25, 0.3) is 0 Å². The molecule has 22 heavy (non-hydrogen) atoms. The van der Waals surface area contributed by atoms with Gasteiger partial charge in [0.05, 0.1) is 5.56 Å². The number of benzene rings is 1. The summed E-state index contributed by atoms with van der Waals surface area (Å²) in [4.78, 5) is 0. The van der Waals surface area contributed by atoms with Gasteiger partial charge in [-0.05, 0) is 37.5 Å². The average Bonchev–Trinajstić information content (AvgIpc) is 2.49. The summed E-state index contributed by atoms with van der Waals surface area (Å²) in [5.41, 5.74) is -0.697. The minimum atomic E-state index is -4.34. The predicted molar refractivity (Wildman–Crippen MR) is 83.9 cm³/mol. The van der Waals surface area contributed by atoms with Gasteiger partial charge in [-0.1, -0.05) is 49.4 Å². The molecule has 0 spiro atoms. The lowest BCUT2D eigenvalue weighted by molar-refractivity contribution is -0.137. The molecule has 0 saturated heterocycles. The van der Waals surface area contributed by atoms with Crippen LogP contribution in [0.2, 0.25) is 0 Å². The predicted octanol–water partition coefficient (Wildman–Crippen LogP) is 5.94. The van der Waals surface area contributed by atoms with E-state index in [1.807, 2.05) is 12.2 Å².